The van der Waals surface area contributed by atoms with Crippen LogP contribution in [0.4, 0.5) is 5.13 Å². The molecule has 2 aromatic rings. The number of rotatable bonds is 4. The lowest BCUT2D eigenvalue weighted by Crippen LogP contribution is -2.36. The number of thiazole rings is 1. The number of carbonyl (C=O) groups excluding carboxylic acids is 1. The van der Waals surface area contributed by atoms with Gasteiger partial charge in [-0.05, 0) is 18.2 Å². The van der Waals surface area contributed by atoms with Crippen LogP contribution in [0.15, 0.2) is 23.6 Å². The molecule has 0 unspecified atom stereocenters. The molecule has 7 nitrogen and oxygen atoms in total. The molecule has 0 saturated carbocycles. The lowest BCUT2D eigenvalue weighted by atomic mass is 10.1. The van der Waals surface area contributed by atoms with Gasteiger partial charge in [-0.3, -0.25) is 9.69 Å². The number of anilines is 1. The molecule has 2 saturated heterocycles. The number of benzene rings is 1. The van der Waals surface area contributed by atoms with Crippen molar-refractivity contribution in [3.05, 3.63) is 23.6 Å². The van der Waals surface area contributed by atoms with Crippen LogP contribution in [0.25, 0.3) is 11.3 Å². The average Bonchev–Trinajstić information content (AvgIpc) is 3.26. The van der Waals surface area contributed by atoms with Crippen LogP contribution in [-0.4, -0.2) is 51.1 Å². The highest BCUT2D eigenvalue weighted by Crippen LogP contribution is 2.41. The minimum absolute atomic E-state index is 0.0147. The molecule has 0 aliphatic carbocycles. The van der Waals surface area contributed by atoms with Crippen molar-refractivity contribution in [3.8, 4) is 22.8 Å². The van der Waals surface area contributed by atoms with Gasteiger partial charge >= 0.3 is 0 Å². The SMILES string of the molecule is COc1ccc(OC)c(-c2csc(N3C(=O)C[C@@H]4CS(=O)(=O)C[C@@H]43)n2)c1. The van der Waals surface area contributed by atoms with Gasteiger partial charge in [0.2, 0.25) is 5.91 Å². The van der Waals surface area contributed by atoms with Crippen LogP contribution in [0.3, 0.4) is 0 Å². The van der Waals surface area contributed by atoms with E-state index >= 15 is 0 Å². The van der Waals surface area contributed by atoms with Crippen molar-refractivity contribution in [1.82, 2.24) is 4.98 Å². The van der Waals surface area contributed by atoms with Gasteiger partial charge < -0.3 is 9.47 Å². The second-order valence-electron chi connectivity index (χ2n) is 6.45. The van der Waals surface area contributed by atoms with Gasteiger partial charge in [-0.1, -0.05) is 0 Å². The summed E-state index contributed by atoms with van der Waals surface area (Å²) in [6.07, 6.45) is 0.265. The lowest BCUT2D eigenvalue weighted by Gasteiger charge is -2.19. The van der Waals surface area contributed by atoms with E-state index in [9.17, 15) is 13.2 Å². The third kappa shape index (κ3) is 2.84. The van der Waals surface area contributed by atoms with Gasteiger partial charge in [-0.2, -0.15) is 0 Å². The molecule has 3 heterocycles. The Morgan fingerprint density at radius 2 is 2.04 bits per heavy atom. The van der Waals surface area contributed by atoms with E-state index < -0.39 is 9.84 Å². The van der Waals surface area contributed by atoms with E-state index in [4.69, 9.17) is 9.47 Å². The van der Waals surface area contributed by atoms with Gasteiger partial charge in [0.05, 0.1) is 37.5 Å². The summed E-state index contributed by atoms with van der Waals surface area (Å²) in [6.45, 7) is 0. The molecule has 0 N–H and O–H groups in total. The lowest BCUT2D eigenvalue weighted by molar-refractivity contribution is -0.117. The van der Waals surface area contributed by atoms with E-state index in [2.05, 4.69) is 4.98 Å². The Kier molecular flexibility index (Phi) is 4.15. The standard InChI is InChI=1S/C17H18N2O5S2/c1-23-11-3-4-15(24-2)12(6-11)13-7-25-17(18-13)19-14-9-26(21,22)8-10(14)5-16(19)20/h3-4,6-7,10,14H,5,8-9H2,1-2H3/t10-,14+/m1/s1. The third-order valence-corrected chi connectivity index (χ3v) is 7.48. The first kappa shape index (κ1) is 17.3. The van der Waals surface area contributed by atoms with Crippen LogP contribution in [0.5, 0.6) is 11.5 Å². The fourth-order valence-electron chi connectivity index (χ4n) is 3.65. The van der Waals surface area contributed by atoms with Gasteiger partial charge in [-0.15, -0.1) is 11.3 Å². The Hall–Kier alpha value is -2.13. The van der Waals surface area contributed by atoms with Gasteiger partial charge in [0.1, 0.15) is 11.5 Å². The molecule has 2 aliphatic heterocycles. The van der Waals surface area contributed by atoms with E-state index in [1.165, 1.54) is 11.3 Å². The number of ether oxygens (including phenoxy) is 2. The Morgan fingerprint density at radius 3 is 2.77 bits per heavy atom. The van der Waals surface area contributed by atoms with Gasteiger partial charge in [-0.25, -0.2) is 13.4 Å². The number of nitrogens with zero attached hydrogens (tertiary/aromatic N) is 2. The molecular formula is C17H18N2O5S2. The fraction of sp³-hybridized carbons (Fsp3) is 0.412. The minimum atomic E-state index is -3.09. The maximum absolute atomic E-state index is 12.4. The number of hydrogen-bond donors (Lipinski definition) is 0. The number of aromatic nitrogens is 1. The molecule has 2 aliphatic rings. The molecule has 4 rings (SSSR count). The van der Waals surface area contributed by atoms with E-state index in [0.29, 0.717) is 22.3 Å². The predicted molar refractivity (Wildman–Crippen MR) is 98.7 cm³/mol. The van der Waals surface area contributed by atoms with Crippen molar-refractivity contribution in [2.45, 2.75) is 12.5 Å². The molecule has 1 amide bonds. The fourth-order valence-corrected chi connectivity index (χ4v) is 6.62. The smallest absolute Gasteiger partial charge is 0.229 e. The summed E-state index contributed by atoms with van der Waals surface area (Å²) in [5, 5.41) is 2.37. The van der Waals surface area contributed by atoms with Crippen molar-refractivity contribution in [1.29, 1.82) is 0 Å². The summed E-state index contributed by atoms with van der Waals surface area (Å²) >= 11 is 1.33. The van der Waals surface area contributed by atoms with Crippen molar-refractivity contribution in [2.24, 2.45) is 5.92 Å². The van der Waals surface area contributed by atoms with E-state index in [0.717, 1.165) is 5.56 Å². The largest absolute Gasteiger partial charge is 0.497 e. The number of sulfone groups is 1. The molecule has 0 bridgehead atoms. The molecule has 26 heavy (non-hydrogen) atoms. The van der Waals surface area contributed by atoms with Crippen LogP contribution in [-0.2, 0) is 14.6 Å². The minimum Gasteiger partial charge on any atom is -0.497 e. The van der Waals surface area contributed by atoms with Crippen molar-refractivity contribution in [3.63, 3.8) is 0 Å². The zero-order chi connectivity index (χ0) is 18.5. The summed E-state index contributed by atoms with van der Waals surface area (Å²) in [6, 6.07) is 5.12. The molecule has 0 radical (unpaired) electrons. The summed E-state index contributed by atoms with van der Waals surface area (Å²) in [5.41, 5.74) is 1.43. The maximum Gasteiger partial charge on any atom is 0.229 e. The van der Waals surface area contributed by atoms with Gasteiger partial charge in [0, 0.05) is 23.3 Å². The first-order valence-corrected chi connectivity index (χ1v) is 10.8. The third-order valence-electron chi connectivity index (χ3n) is 4.85. The molecule has 2 fully saturated rings. The van der Waals surface area contributed by atoms with Crippen LogP contribution in [0.1, 0.15) is 6.42 Å². The molecular weight excluding hydrogens is 376 g/mol. The second-order valence-corrected chi connectivity index (χ2v) is 9.44. The normalized spacial score (nSPS) is 23.9. The Bertz CT molecular complexity index is 969. The molecule has 1 aromatic carbocycles. The quantitative estimate of drug-likeness (QED) is 0.788. The number of amides is 1. The van der Waals surface area contributed by atoms with Crippen molar-refractivity contribution in [2.75, 3.05) is 30.6 Å². The highest BCUT2D eigenvalue weighted by atomic mass is 32.2. The van der Waals surface area contributed by atoms with E-state index in [-0.39, 0.29) is 35.8 Å². The topological polar surface area (TPSA) is 85.8 Å². The maximum atomic E-state index is 12.4. The number of fused-ring (bicyclic) bond motifs is 1. The highest BCUT2D eigenvalue weighted by molar-refractivity contribution is 7.91. The van der Waals surface area contributed by atoms with Crippen LogP contribution < -0.4 is 14.4 Å². The predicted octanol–water partition coefficient (Wildman–Crippen LogP) is 1.98. The molecule has 2 atom stereocenters. The van der Waals surface area contributed by atoms with Gasteiger partial charge in [0.15, 0.2) is 15.0 Å². The molecule has 1 aromatic heterocycles. The Balaban J connectivity index is 1.70. The monoisotopic (exact) mass is 394 g/mol. The summed E-state index contributed by atoms with van der Waals surface area (Å²) in [4.78, 5) is 18.6. The zero-order valence-electron chi connectivity index (χ0n) is 14.3. The van der Waals surface area contributed by atoms with Crippen LogP contribution in [0, 0.1) is 5.92 Å². The second kappa shape index (κ2) is 6.24. The summed E-state index contributed by atoms with van der Waals surface area (Å²) in [5.74, 6) is 1.23. The highest BCUT2D eigenvalue weighted by Gasteiger charge is 2.50. The first-order chi connectivity index (χ1) is 12.4. The number of methoxy groups -OCH3 is 2. The first-order valence-electron chi connectivity index (χ1n) is 8.12. The van der Waals surface area contributed by atoms with Crippen LogP contribution >= 0.6 is 11.3 Å². The average molecular weight is 394 g/mol. The number of hydrogen-bond acceptors (Lipinski definition) is 7. The Morgan fingerprint density at radius 1 is 1.23 bits per heavy atom. The van der Waals surface area contributed by atoms with E-state index in [1.54, 1.807) is 31.3 Å². The molecule has 138 valence electrons. The zero-order valence-corrected chi connectivity index (χ0v) is 16.0. The number of carbonyl (C=O) groups is 1. The van der Waals surface area contributed by atoms with Crippen molar-refractivity contribution < 1.29 is 22.7 Å². The van der Waals surface area contributed by atoms with E-state index in [1.807, 2.05) is 11.4 Å². The van der Waals surface area contributed by atoms with Gasteiger partial charge in [0.25, 0.3) is 0 Å². The Labute approximate surface area is 155 Å². The summed E-state index contributed by atoms with van der Waals surface area (Å²) < 4.78 is 34.5. The van der Waals surface area contributed by atoms with Crippen LogP contribution in [0.2, 0.25) is 0 Å². The molecule has 0 spiro atoms. The van der Waals surface area contributed by atoms with Crippen molar-refractivity contribution >= 4 is 32.2 Å². The molecule has 9 heteroatoms. The summed E-state index contributed by atoms with van der Waals surface area (Å²) in [7, 11) is 0.0764.